The minimum absolute atomic E-state index is 0.109. The van der Waals surface area contributed by atoms with E-state index in [-0.39, 0.29) is 11.8 Å². The molecule has 0 radical (unpaired) electrons. The summed E-state index contributed by atoms with van der Waals surface area (Å²) in [6.07, 6.45) is 0. The van der Waals surface area contributed by atoms with Gasteiger partial charge in [-0.25, -0.2) is 0 Å². The minimum atomic E-state index is -0.149. The maximum atomic E-state index is 12.0. The van der Waals surface area contributed by atoms with Crippen molar-refractivity contribution in [3.05, 3.63) is 34.9 Å². The first-order chi connectivity index (χ1) is 7.50. The second-order valence-corrected chi connectivity index (χ2v) is 4.83. The molecule has 0 fully saturated rings. The van der Waals surface area contributed by atoms with E-state index in [1.54, 1.807) is 24.3 Å². The van der Waals surface area contributed by atoms with E-state index in [9.17, 15) is 4.79 Å². The predicted molar refractivity (Wildman–Crippen MR) is 68.1 cm³/mol. The van der Waals surface area contributed by atoms with E-state index < -0.39 is 0 Å². The molecule has 0 bridgehead atoms. The maximum absolute atomic E-state index is 12.0. The van der Waals surface area contributed by atoms with Crippen LogP contribution in [0.4, 0.5) is 0 Å². The Morgan fingerprint density at radius 3 is 2.31 bits per heavy atom. The van der Waals surface area contributed by atoms with Crippen molar-refractivity contribution in [3.8, 4) is 0 Å². The highest BCUT2D eigenvalue weighted by atomic mass is 35.5. The predicted octanol–water partition coefficient (Wildman–Crippen LogP) is 3.16. The number of Topliss-reactive ketones (excluding diaryl/α,β-unsaturated/α-hetero) is 1. The summed E-state index contributed by atoms with van der Waals surface area (Å²) < 4.78 is 0. The Morgan fingerprint density at radius 1 is 1.25 bits per heavy atom. The van der Waals surface area contributed by atoms with E-state index >= 15 is 0 Å². The number of carbonyl (C=O) groups is 1. The van der Waals surface area contributed by atoms with Crippen LogP contribution in [0, 0.1) is 5.92 Å². The zero-order chi connectivity index (χ0) is 12.1. The zero-order valence-electron chi connectivity index (χ0n) is 9.96. The number of rotatable bonds is 5. The topological polar surface area (TPSA) is 29.1 Å². The molecule has 0 saturated carbocycles. The highest BCUT2D eigenvalue weighted by molar-refractivity contribution is 6.30. The molecule has 0 saturated heterocycles. The van der Waals surface area contributed by atoms with Gasteiger partial charge in [0.15, 0.2) is 5.78 Å². The van der Waals surface area contributed by atoms with Gasteiger partial charge in [-0.2, -0.15) is 0 Å². The van der Waals surface area contributed by atoms with Crippen molar-refractivity contribution in [1.82, 2.24) is 5.32 Å². The highest BCUT2D eigenvalue weighted by Gasteiger charge is 2.14. The molecule has 1 N–H and O–H groups in total. The van der Waals surface area contributed by atoms with Gasteiger partial charge in [0.1, 0.15) is 0 Å². The lowest BCUT2D eigenvalue weighted by Crippen LogP contribution is -2.36. The van der Waals surface area contributed by atoms with Crippen LogP contribution in [0.25, 0.3) is 0 Å². The molecule has 1 atom stereocenters. The summed E-state index contributed by atoms with van der Waals surface area (Å²) in [6.45, 7) is 6.97. The molecule has 1 aromatic carbocycles. The molecule has 88 valence electrons. The Hall–Kier alpha value is -0.860. The molecular formula is C13H18ClNO. The third-order valence-electron chi connectivity index (χ3n) is 2.35. The molecule has 0 aliphatic heterocycles. The Bertz CT molecular complexity index is 345. The number of benzene rings is 1. The molecule has 0 aliphatic rings. The minimum Gasteiger partial charge on any atom is -0.307 e. The van der Waals surface area contributed by atoms with Gasteiger partial charge in [0.05, 0.1) is 6.04 Å². The summed E-state index contributed by atoms with van der Waals surface area (Å²) in [7, 11) is 0. The number of ketones is 1. The molecular weight excluding hydrogens is 222 g/mol. The van der Waals surface area contributed by atoms with Crippen molar-refractivity contribution in [2.45, 2.75) is 26.8 Å². The molecule has 3 heteroatoms. The molecule has 2 nitrogen and oxygen atoms in total. The number of halogens is 1. The first kappa shape index (κ1) is 13.2. The summed E-state index contributed by atoms with van der Waals surface area (Å²) in [6, 6.07) is 6.85. The van der Waals surface area contributed by atoms with Crippen molar-refractivity contribution in [3.63, 3.8) is 0 Å². The van der Waals surface area contributed by atoms with E-state index in [1.807, 2.05) is 6.92 Å². The monoisotopic (exact) mass is 239 g/mol. The lowest BCUT2D eigenvalue weighted by molar-refractivity contribution is 0.0949. The van der Waals surface area contributed by atoms with Crippen molar-refractivity contribution < 1.29 is 4.79 Å². The van der Waals surface area contributed by atoms with Crippen molar-refractivity contribution in [1.29, 1.82) is 0 Å². The van der Waals surface area contributed by atoms with E-state index in [0.29, 0.717) is 16.5 Å². The molecule has 0 spiro atoms. The second-order valence-electron chi connectivity index (χ2n) is 4.39. The number of hydrogen-bond acceptors (Lipinski definition) is 2. The summed E-state index contributed by atoms with van der Waals surface area (Å²) >= 11 is 5.77. The fraction of sp³-hybridized carbons (Fsp3) is 0.462. The SMILES string of the molecule is CC(C)CNC(C)C(=O)c1ccc(Cl)cc1. The second kappa shape index (κ2) is 6.02. The van der Waals surface area contributed by atoms with E-state index in [2.05, 4.69) is 19.2 Å². The van der Waals surface area contributed by atoms with Crippen molar-refractivity contribution in [2.24, 2.45) is 5.92 Å². The van der Waals surface area contributed by atoms with Gasteiger partial charge in [0.25, 0.3) is 0 Å². The van der Waals surface area contributed by atoms with Gasteiger partial charge in [-0.05, 0) is 43.7 Å². The molecule has 0 aromatic heterocycles. The van der Waals surface area contributed by atoms with Gasteiger partial charge in [-0.15, -0.1) is 0 Å². The largest absolute Gasteiger partial charge is 0.307 e. The summed E-state index contributed by atoms with van der Waals surface area (Å²) in [5.74, 6) is 0.651. The van der Waals surface area contributed by atoms with E-state index in [0.717, 1.165) is 6.54 Å². The van der Waals surface area contributed by atoms with E-state index in [4.69, 9.17) is 11.6 Å². The average Bonchev–Trinajstić information content (AvgIpc) is 2.26. The normalized spacial score (nSPS) is 12.8. The Morgan fingerprint density at radius 2 is 1.81 bits per heavy atom. The van der Waals surface area contributed by atoms with Crippen molar-refractivity contribution in [2.75, 3.05) is 6.54 Å². The third-order valence-corrected chi connectivity index (χ3v) is 2.61. The van der Waals surface area contributed by atoms with Gasteiger partial charge in [-0.3, -0.25) is 4.79 Å². The lowest BCUT2D eigenvalue weighted by atomic mass is 10.1. The Kier molecular flexibility index (Phi) is 4.97. The van der Waals surface area contributed by atoms with Crippen molar-refractivity contribution >= 4 is 17.4 Å². The summed E-state index contributed by atoms with van der Waals surface area (Å²) in [5, 5.41) is 3.86. The Labute approximate surface area is 102 Å². The van der Waals surface area contributed by atoms with Crippen LogP contribution in [0.5, 0.6) is 0 Å². The van der Waals surface area contributed by atoms with Crippen LogP contribution >= 0.6 is 11.6 Å². The van der Waals surface area contributed by atoms with Gasteiger partial charge < -0.3 is 5.32 Å². The average molecular weight is 240 g/mol. The molecule has 0 aliphatic carbocycles. The number of hydrogen-bond donors (Lipinski definition) is 1. The van der Waals surface area contributed by atoms with Crippen LogP contribution in [-0.2, 0) is 0 Å². The number of carbonyl (C=O) groups excluding carboxylic acids is 1. The molecule has 16 heavy (non-hydrogen) atoms. The molecule has 1 unspecified atom stereocenters. The maximum Gasteiger partial charge on any atom is 0.179 e. The molecule has 1 rings (SSSR count). The van der Waals surface area contributed by atoms with Crippen LogP contribution in [0.1, 0.15) is 31.1 Å². The smallest absolute Gasteiger partial charge is 0.179 e. The molecule has 0 amide bonds. The lowest BCUT2D eigenvalue weighted by Gasteiger charge is -2.14. The Balaban J connectivity index is 2.60. The summed E-state index contributed by atoms with van der Waals surface area (Å²) in [4.78, 5) is 12.0. The standard InChI is InChI=1S/C13H18ClNO/c1-9(2)8-15-10(3)13(16)11-4-6-12(14)7-5-11/h4-7,9-10,15H,8H2,1-3H3. The van der Waals surface area contributed by atoms with Crippen LogP contribution in [-0.4, -0.2) is 18.4 Å². The quantitative estimate of drug-likeness (QED) is 0.800. The van der Waals surface area contributed by atoms with Gasteiger partial charge >= 0.3 is 0 Å². The number of nitrogens with one attached hydrogen (secondary N) is 1. The first-order valence-corrected chi connectivity index (χ1v) is 5.91. The van der Waals surface area contributed by atoms with Gasteiger partial charge in [0, 0.05) is 10.6 Å². The van der Waals surface area contributed by atoms with Crippen LogP contribution < -0.4 is 5.32 Å². The van der Waals surface area contributed by atoms with Gasteiger partial charge in [0.2, 0.25) is 0 Å². The molecule has 1 aromatic rings. The van der Waals surface area contributed by atoms with Crippen LogP contribution in [0.15, 0.2) is 24.3 Å². The van der Waals surface area contributed by atoms with Crippen LogP contribution in [0.3, 0.4) is 0 Å². The third kappa shape index (κ3) is 3.95. The first-order valence-electron chi connectivity index (χ1n) is 5.54. The summed E-state index contributed by atoms with van der Waals surface area (Å²) in [5.41, 5.74) is 0.702. The molecule has 0 heterocycles. The fourth-order valence-electron chi connectivity index (χ4n) is 1.37. The van der Waals surface area contributed by atoms with Gasteiger partial charge in [-0.1, -0.05) is 25.4 Å². The zero-order valence-corrected chi connectivity index (χ0v) is 10.7. The highest BCUT2D eigenvalue weighted by Crippen LogP contribution is 2.11. The van der Waals surface area contributed by atoms with E-state index in [1.165, 1.54) is 0 Å². The fourth-order valence-corrected chi connectivity index (χ4v) is 1.50. The van der Waals surface area contributed by atoms with Crippen LogP contribution in [0.2, 0.25) is 5.02 Å².